The molecule has 27 heavy (non-hydrogen) atoms. The molecule has 0 unspecified atom stereocenters. The van der Waals surface area contributed by atoms with Crippen molar-refractivity contribution in [3.05, 3.63) is 53.8 Å². The van der Waals surface area contributed by atoms with Crippen LogP contribution in [0.4, 0.5) is 10.2 Å². The lowest BCUT2D eigenvalue weighted by Crippen LogP contribution is -2.23. The van der Waals surface area contributed by atoms with E-state index in [2.05, 4.69) is 21.9 Å². The number of imidazole rings is 1. The molecule has 2 heterocycles. The van der Waals surface area contributed by atoms with E-state index in [0.29, 0.717) is 11.6 Å². The zero-order valence-electron chi connectivity index (χ0n) is 15.3. The van der Waals surface area contributed by atoms with Gasteiger partial charge in [0.15, 0.2) is 4.96 Å². The number of thiazole rings is 1. The molecule has 2 aromatic heterocycles. The highest BCUT2D eigenvalue weighted by Crippen LogP contribution is 2.38. The quantitative estimate of drug-likeness (QED) is 0.446. The first-order valence-electron chi connectivity index (χ1n) is 9.64. The average molecular weight is 380 g/mol. The van der Waals surface area contributed by atoms with Gasteiger partial charge < -0.3 is 5.32 Å². The number of nitrogens with zero attached hydrogens (tertiary/aromatic N) is 2. The lowest BCUT2D eigenvalue weighted by molar-refractivity contribution is 0.462. The van der Waals surface area contributed by atoms with Crippen LogP contribution in [-0.2, 0) is 0 Å². The fourth-order valence-corrected chi connectivity index (χ4v) is 5.13. The highest BCUT2D eigenvalue weighted by molar-refractivity contribution is 7.23. The number of fused-ring (bicyclic) bond motifs is 3. The van der Waals surface area contributed by atoms with Crippen LogP contribution in [-0.4, -0.2) is 15.4 Å². The summed E-state index contributed by atoms with van der Waals surface area (Å²) in [5, 5.41) is 3.74. The molecule has 5 rings (SSSR count). The monoisotopic (exact) mass is 379 g/mol. The summed E-state index contributed by atoms with van der Waals surface area (Å²) in [6.45, 7) is 1.99. The van der Waals surface area contributed by atoms with E-state index in [4.69, 9.17) is 4.98 Å². The Morgan fingerprint density at radius 1 is 1.11 bits per heavy atom. The van der Waals surface area contributed by atoms with Crippen molar-refractivity contribution in [3.63, 3.8) is 0 Å². The van der Waals surface area contributed by atoms with Gasteiger partial charge in [-0.2, -0.15) is 0 Å². The van der Waals surface area contributed by atoms with E-state index in [0.717, 1.165) is 40.4 Å². The van der Waals surface area contributed by atoms with Crippen molar-refractivity contribution < 1.29 is 4.39 Å². The Morgan fingerprint density at radius 2 is 1.93 bits per heavy atom. The van der Waals surface area contributed by atoms with Gasteiger partial charge in [0.1, 0.15) is 17.3 Å². The first kappa shape index (κ1) is 16.8. The summed E-state index contributed by atoms with van der Waals surface area (Å²) in [5.41, 5.74) is 3.46. The van der Waals surface area contributed by atoms with Crippen molar-refractivity contribution in [2.45, 2.75) is 45.1 Å². The maximum atomic E-state index is 14.7. The van der Waals surface area contributed by atoms with Crippen molar-refractivity contribution >= 4 is 32.3 Å². The standard InChI is InChI=1S/C22H22FN3S/c1-14-11-12-17(23)16(13-14)20-21(24-15-7-3-2-4-8-15)26-18-9-5-6-10-19(18)27-22(26)25-20/h5-6,9-13,15,24H,2-4,7-8H2,1H3. The van der Waals surface area contributed by atoms with Crippen molar-refractivity contribution in [2.24, 2.45) is 0 Å². The van der Waals surface area contributed by atoms with Gasteiger partial charge in [0.25, 0.3) is 0 Å². The number of aromatic nitrogens is 2. The van der Waals surface area contributed by atoms with Gasteiger partial charge in [-0.3, -0.25) is 4.40 Å². The Bertz CT molecular complexity index is 1120. The molecule has 138 valence electrons. The second-order valence-corrected chi connectivity index (χ2v) is 8.47. The topological polar surface area (TPSA) is 29.3 Å². The molecule has 0 bridgehead atoms. The number of para-hydroxylation sites is 1. The van der Waals surface area contributed by atoms with E-state index < -0.39 is 0 Å². The second-order valence-electron chi connectivity index (χ2n) is 7.46. The first-order valence-corrected chi connectivity index (χ1v) is 10.5. The molecule has 0 radical (unpaired) electrons. The second kappa shape index (κ2) is 6.64. The van der Waals surface area contributed by atoms with Crippen molar-refractivity contribution in [1.82, 2.24) is 9.38 Å². The van der Waals surface area contributed by atoms with Crippen LogP contribution in [0.2, 0.25) is 0 Å². The SMILES string of the molecule is Cc1ccc(F)c(-c2nc3sc4ccccc4n3c2NC2CCCCC2)c1. The number of benzene rings is 2. The highest BCUT2D eigenvalue weighted by Gasteiger charge is 2.23. The van der Waals surface area contributed by atoms with Gasteiger partial charge in [0, 0.05) is 11.6 Å². The molecule has 0 spiro atoms. The number of halogens is 1. The number of nitrogens with one attached hydrogen (secondary N) is 1. The van der Waals surface area contributed by atoms with Crippen LogP contribution in [0, 0.1) is 12.7 Å². The Kier molecular flexibility index (Phi) is 4.12. The third-order valence-electron chi connectivity index (χ3n) is 5.48. The number of hydrogen-bond acceptors (Lipinski definition) is 3. The molecule has 2 aromatic carbocycles. The van der Waals surface area contributed by atoms with E-state index >= 15 is 0 Å². The van der Waals surface area contributed by atoms with Gasteiger partial charge >= 0.3 is 0 Å². The van der Waals surface area contributed by atoms with Crippen LogP contribution in [0.5, 0.6) is 0 Å². The third kappa shape index (κ3) is 2.90. The van der Waals surface area contributed by atoms with Crippen LogP contribution in [0.3, 0.4) is 0 Å². The molecule has 5 heteroatoms. The number of aryl methyl sites for hydroxylation is 1. The minimum atomic E-state index is -0.220. The van der Waals surface area contributed by atoms with Crippen LogP contribution < -0.4 is 5.32 Å². The molecule has 1 N–H and O–H groups in total. The Balaban J connectivity index is 1.74. The predicted molar refractivity (Wildman–Crippen MR) is 111 cm³/mol. The van der Waals surface area contributed by atoms with Crippen molar-refractivity contribution in [1.29, 1.82) is 0 Å². The molecule has 0 amide bonds. The van der Waals surface area contributed by atoms with Crippen LogP contribution in [0.25, 0.3) is 26.4 Å². The number of anilines is 1. The molecule has 3 nitrogen and oxygen atoms in total. The highest BCUT2D eigenvalue weighted by atomic mass is 32.1. The molecular formula is C22H22FN3S. The molecule has 1 aliphatic rings. The maximum absolute atomic E-state index is 14.7. The van der Waals surface area contributed by atoms with Gasteiger partial charge in [0.2, 0.25) is 0 Å². The van der Waals surface area contributed by atoms with Gasteiger partial charge in [-0.15, -0.1) is 0 Å². The molecule has 4 aromatic rings. The van der Waals surface area contributed by atoms with Crippen LogP contribution >= 0.6 is 11.3 Å². The Hall–Kier alpha value is -2.40. The summed E-state index contributed by atoms with van der Waals surface area (Å²) in [6, 6.07) is 14.0. The normalized spacial score (nSPS) is 15.6. The smallest absolute Gasteiger partial charge is 0.197 e. The summed E-state index contributed by atoms with van der Waals surface area (Å²) in [4.78, 5) is 5.77. The summed E-state index contributed by atoms with van der Waals surface area (Å²) >= 11 is 1.65. The van der Waals surface area contributed by atoms with Crippen molar-refractivity contribution in [3.8, 4) is 11.3 Å². The molecule has 0 aliphatic heterocycles. The summed E-state index contributed by atoms with van der Waals surface area (Å²) in [6.07, 6.45) is 6.12. The summed E-state index contributed by atoms with van der Waals surface area (Å²) in [5.74, 6) is 0.709. The number of rotatable bonds is 3. The lowest BCUT2D eigenvalue weighted by atomic mass is 9.95. The Labute approximate surface area is 161 Å². The molecular weight excluding hydrogens is 357 g/mol. The number of hydrogen-bond donors (Lipinski definition) is 1. The van der Waals surface area contributed by atoms with E-state index in [1.54, 1.807) is 23.5 Å². The lowest BCUT2D eigenvalue weighted by Gasteiger charge is -2.24. The zero-order chi connectivity index (χ0) is 18.4. The molecule has 0 atom stereocenters. The summed E-state index contributed by atoms with van der Waals surface area (Å²) in [7, 11) is 0. The fourth-order valence-electron chi connectivity index (χ4n) is 4.10. The third-order valence-corrected chi connectivity index (χ3v) is 6.50. The van der Waals surface area contributed by atoms with Gasteiger partial charge in [-0.25, -0.2) is 9.37 Å². The van der Waals surface area contributed by atoms with Crippen molar-refractivity contribution in [2.75, 3.05) is 5.32 Å². The fraction of sp³-hybridized carbons (Fsp3) is 0.318. The summed E-state index contributed by atoms with van der Waals surface area (Å²) < 4.78 is 18.1. The maximum Gasteiger partial charge on any atom is 0.197 e. The van der Waals surface area contributed by atoms with E-state index in [9.17, 15) is 4.39 Å². The zero-order valence-corrected chi connectivity index (χ0v) is 16.2. The van der Waals surface area contributed by atoms with Crippen LogP contribution in [0.15, 0.2) is 42.5 Å². The Morgan fingerprint density at radius 3 is 2.78 bits per heavy atom. The van der Waals surface area contributed by atoms with Crippen LogP contribution in [0.1, 0.15) is 37.7 Å². The largest absolute Gasteiger partial charge is 0.367 e. The van der Waals surface area contributed by atoms with E-state index in [1.807, 2.05) is 25.1 Å². The average Bonchev–Trinajstić information content (AvgIpc) is 3.21. The van der Waals surface area contributed by atoms with E-state index in [-0.39, 0.29) is 5.82 Å². The molecule has 1 saturated carbocycles. The molecule has 0 saturated heterocycles. The first-order chi connectivity index (χ1) is 13.2. The minimum absolute atomic E-state index is 0.220. The van der Waals surface area contributed by atoms with Gasteiger partial charge in [-0.05, 0) is 44.0 Å². The minimum Gasteiger partial charge on any atom is -0.367 e. The van der Waals surface area contributed by atoms with Gasteiger partial charge in [-0.1, -0.05) is 54.4 Å². The van der Waals surface area contributed by atoms with E-state index in [1.165, 1.54) is 24.0 Å². The molecule has 1 aliphatic carbocycles. The molecule has 1 fully saturated rings. The predicted octanol–water partition coefficient (Wildman–Crippen LogP) is 6.41. The van der Waals surface area contributed by atoms with Gasteiger partial charge in [0.05, 0.1) is 10.2 Å².